The van der Waals surface area contributed by atoms with Gasteiger partial charge in [0.1, 0.15) is 17.8 Å². The Balaban J connectivity index is 1.53. The van der Waals surface area contributed by atoms with Crippen molar-refractivity contribution in [2.24, 2.45) is 0 Å². The molecule has 1 aromatic carbocycles. The quantitative estimate of drug-likeness (QED) is 0.847. The highest BCUT2D eigenvalue weighted by atomic mass is 16.5. The van der Waals surface area contributed by atoms with Crippen LogP contribution in [0.5, 0.6) is 11.5 Å². The standard InChI is InChI=1S/C20H27N5O3/c1-27-15-9-10-16(18(12-15)28-2)22-20(26)24-11-5-8-17(24)19-23-21-13-25(19)14-6-3-4-7-14/h9-10,12-14,17H,3-8,11H2,1-2H3,(H,22,26). The molecule has 0 bridgehead atoms. The monoisotopic (exact) mass is 385 g/mol. The summed E-state index contributed by atoms with van der Waals surface area (Å²) >= 11 is 0. The van der Waals surface area contributed by atoms with E-state index in [9.17, 15) is 4.79 Å². The van der Waals surface area contributed by atoms with E-state index in [0.29, 0.717) is 29.8 Å². The molecule has 1 N–H and O–H groups in total. The van der Waals surface area contributed by atoms with Gasteiger partial charge in [-0.05, 0) is 37.8 Å². The summed E-state index contributed by atoms with van der Waals surface area (Å²) in [6.45, 7) is 0.701. The van der Waals surface area contributed by atoms with Crippen molar-refractivity contribution in [3.8, 4) is 11.5 Å². The average Bonchev–Trinajstić information content (AvgIpc) is 3.48. The first kappa shape index (κ1) is 18.6. The number of benzene rings is 1. The molecule has 2 fully saturated rings. The zero-order valence-electron chi connectivity index (χ0n) is 16.4. The smallest absolute Gasteiger partial charge is 0.322 e. The minimum atomic E-state index is -0.146. The summed E-state index contributed by atoms with van der Waals surface area (Å²) < 4.78 is 12.8. The first-order valence-electron chi connectivity index (χ1n) is 9.90. The third-order valence-corrected chi connectivity index (χ3v) is 5.78. The predicted octanol–water partition coefficient (Wildman–Crippen LogP) is 3.78. The number of ether oxygens (including phenoxy) is 2. The number of methoxy groups -OCH3 is 2. The van der Waals surface area contributed by atoms with Crippen LogP contribution in [-0.2, 0) is 0 Å². The van der Waals surface area contributed by atoms with Gasteiger partial charge in [-0.25, -0.2) is 4.79 Å². The number of hydrogen-bond donors (Lipinski definition) is 1. The van der Waals surface area contributed by atoms with Crippen LogP contribution in [0.15, 0.2) is 24.5 Å². The number of carbonyl (C=O) groups is 1. The minimum Gasteiger partial charge on any atom is -0.497 e. The molecule has 28 heavy (non-hydrogen) atoms. The second-order valence-corrected chi connectivity index (χ2v) is 7.38. The van der Waals surface area contributed by atoms with Crippen molar-refractivity contribution in [1.82, 2.24) is 19.7 Å². The highest BCUT2D eigenvalue weighted by Gasteiger charge is 2.35. The molecule has 2 aromatic rings. The van der Waals surface area contributed by atoms with Gasteiger partial charge in [-0.15, -0.1) is 10.2 Å². The molecule has 4 rings (SSSR count). The highest BCUT2D eigenvalue weighted by Crippen LogP contribution is 2.37. The van der Waals surface area contributed by atoms with Crippen LogP contribution in [0.3, 0.4) is 0 Å². The molecule has 0 spiro atoms. The average molecular weight is 385 g/mol. The van der Waals surface area contributed by atoms with Crippen LogP contribution in [-0.4, -0.2) is 46.5 Å². The highest BCUT2D eigenvalue weighted by molar-refractivity contribution is 5.91. The van der Waals surface area contributed by atoms with E-state index >= 15 is 0 Å². The Kier molecular flexibility index (Phi) is 5.36. The van der Waals surface area contributed by atoms with Crippen molar-refractivity contribution in [3.05, 3.63) is 30.4 Å². The maximum absolute atomic E-state index is 13.0. The van der Waals surface area contributed by atoms with Crippen LogP contribution in [0.4, 0.5) is 10.5 Å². The van der Waals surface area contributed by atoms with Crippen LogP contribution in [0.1, 0.15) is 56.4 Å². The van der Waals surface area contributed by atoms with Gasteiger partial charge in [0.2, 0.25) is 0 Å². The van der Waals surface area contributed by atoms with Gasteiger partial charge in [0.05, 0.1) is 25.9 Å². The Labute approximate surface area is 164 Å². The molecule has 2 amide bonds. The Morgan fingerprint density at radius 2 is 1.96 bits per heavy atom. The summed E-state index contributed by atoms with van der Waals surface area (Å²) in [5.74, 6) is 2.15. The number of carbonyl (C=O) groups excluding carboxylic acids is 1. The normalized spacial score (nSPS) is 19.8. The van der Waals surface area contributed by atoms with Crippen molar-refractivity contribution >= 4 is 11.7 Å². The molecule has 1 aliphatic carbocycles. The number of aromatic nitrogens is 3. The van der Waals surface area contributed by atoms with Gasteiger partial charge in [-0.2, -0.15) is 0 Å². The molecule has 2 heterocycles. The summed E-state index contributed by atoms with van der Waals surface area (Å²) in [7, 11) is 3.18. The number of rotatable bonds is 5. The molecule has 1 unspecified atom stereocenters. The van der Waals surface area contributed by atoms with E-state index in [1.165, 1.54) is 12.8 Å². The molecule has 1 saturated heterocycles. The zero-order valence-corrected chi connectivity index (χ0v) is 16.4. The lowest BCUT2D eigenvalue weighted by Gasteiger charge is -2.26. The van der Waals surface area contributed by atoms with Gasteiger partial charge in [0, 0.05) is 18.7 Å². The lowest BCUT2D eigenvalue weighted by Crippen LogP contribution is -2.35. The summed E-state index contributed by atoms with van der Waals surface area (Å²) in [6.07, 6.45) is 8.49. The van der Waals surface area contributed by atoms with Gasteiger partial charge in [0.15, 0.2) is 5.82 Å². The maximum atomic E-state index is 13.0. The van der Waals surface area contributed by atoms with Crippen LogP contribution in [0.25, 0.3) is 0 Å². The summed E-state index contributed by atoms with van der Waals surface area (Å²) in [6, 6.07) is 5.61. The Hall–Kier alpha value is -2.77. The van der Waals surface area contributed by atoms with Crippen molar-refractivity contribution < 1.29 is 14.3 Å². The van der Waals surface area contributed by atoms with E-state index < -0.39 is 0 Å². The second-order valence-electron chi connectivity index (χ2n) is 7.38. The second kappa shape index (κ2) is 8.08. The molecule has 0 radical (unpaired) electrons. The van der Waals surface area contributed by atoms with Gasteiger partial charge >= 0.3 is 6.03 Å². The molecule has 1 aromatic heterocycles. The number of anilines is 1. The minimum absolute atomic E-state index is 0.0488. The number of nitrogens with one attached hydrogen (secondary N) is 1. The fraction of sp³-hybridized carbons (Fsp3) is 0.550. The third kappa shape index (κ3) is 3.50. The number of urea groups is 1. The van der Waals surface area contributed by atoms with Crippen molar-refractivity contribution in [2.75, 3.05) is 26.1 Å². The van der Waals surface area contributed by atoms with E-state index in [4.69, 9.17) is 9.47 Å². The number of hydrogen-bond acceptors (Lipinski definition) is 5. The van der Waals surface area contributed by atoms with Crippen LogP contribution in [0, 0.1) is 0 Å². The summed E-state index contributed by atoms with van der Waals surface area (Å²) in [4.78, 5) is 14.9. The van der Waals surface area contributed by atoms with Crippen LogP contribution < -0.4 is 14.8 Å². The largest absolute Gasteiger partial charge is 0.497 e. The molecule has 2 aliphatic rings. The lowest BCUT2D eigenvalue weighted by atomic mass is 10.1. The van der Waals surface area contributed by atoms with Crippen LogP contribution in [0.2, 0.25) is 0 Å². The molecule has 8 nitrogen and oxygen atoms in total. The number of amides is 2. The summed E-state index contributed by atoms with van der Waals surface area (Å²) in [5.41, 5.74) is 0.621. The SMILES string of the molecule is COc1ccc(NC(=O)N2CCCC2c2nncn2C2CCCC2)c(OC)c1. The zero-order chi connectivity index (χ0) is 19.5. The van der Waals surface area contributed by atoms with Crippen molar-refractivity contribution in [3.63, 3.8) is 0 Å². The van der Waals surface area contributed by atoms with Crippen LogP contribution >= 0.6 is 0 Å². The third-order valence-electron chi connectivity index (χ3n) is 5.78. The van der Waals surface area contributed by atoms with E-state index in [1.807, 2.05) is 11.2 Å². The first-order chi connectivity index (χ1) is 13.7. The van der Waals surface area contributed by atoms with E-state index in [-0.39, 0.29) is 12.1 Å². The Morgan fingerprint density at radius 3 is 2.71 bits per heavy atom. The van der Waals surface area contributed by atoms with Crippen molar-refractivity contribution in [1.29, 1.82) is 0 Å². The van der Waals surface area contributed by atoms with E-state index in [2.05, 4.69) is 20.1 Å². The molecule has 150 valence electrons. The maximum Gasteiger partial charge on any atom is 0.322 e. The van der Waals surface area contributed by atoms with Gasteiger partial charge < -0.3 is 24.3 Å². The fourth-order valence-electron chi connectivity index (χ4n) is 4.32. The number of likely N-dealkylation sites (tertiary alicyclic amines) is 1. The molecular weight excluding hydrogens is 358 g/mol. The van der Waals surface area contributed by atoms with E-state index in [0.717, 1.165) is 31.5 Å². The fourth-order valence-corrected chi connectivity index (χ4v) is 4.32. The summed E-state index contributed by atoms with van der Waals surface area (Å²) in [5, 5.41) is 11.5. The van der Waals surface area contributed by atoms with Gasteiger partial charge in [-0.3, -0.25) is 0 Å². The molecule has 8 heteroatoms. The van der Waals surface area contributed by atoms with Gasteiger partial charge in [0.25, 0.3) is 0 Å². The number of nitrogens with zero attached hydrogens (tertiary/aromatic N) is 4. The lowest BCUT2D eigenvalue weighted by molar-refractivity contribution is 0.202. The molecule has 1 atom stereocenters. The first-order valence-corrected chi connectivity index (χ1v) is 9.90. The predicted molar refractivity (Wildman–Crippen MR) is 105 cm³/mol. The Bertz CT molecular complexity index is 831. The Morgan fingerprint density at radius 1 is 1.14 bits per heavy atom. The van der Waals surface area contributed by atoms with Gasteiger partial charge in [-0.1, -0.05) is 12.8 Å². The van der Waals surface area contributed by atoms with Crippen molar-refractivity contribution in [2.45, 2.75) is 50.6 Å². The topological polar surface area (TPSA) is 81.5 Å². The molecule has 1 aliphatic heterocycles. The molecule has 1 saturated carbocycles. The molecular formula is C20H27N5O3. The van der Waals surface area contributed by atoms with E-state index in [1.54, 1.807) is 32.4 Å².